The highest BCUT2D eigenvalue weighted by molar-refractivity contribution is 5.81. The topological polar surface area (TPSA) is 49.9 Å². The Bertz CT molecular complexity index is 227. The number of hydrogen-bond donors (Lipinski definition) is 0. The van der Waals surface area contributed by atoms with Gasteiger partial charge in [-0.3, -0.25) is 9.69 Å². The minimum absolute atomic E-state index is 0.0645. The van der Waals surface area contributed by atoms with Gasteiger partial charge in [-0.15, -0.1) is 0 Å². The third kappa shape index (κ3) is 5.24. The zero-order valence-corrected chi connectivity index (χ0v) is 10.1. The van der Waals surface area contributed by atoms with Gasteiger partial charge in [-0.05, 0) is 20.8 Å². The average Bonchev–Trinajstić information content (AvgIpc) is 2.11. The Balaban J connectivity index is 4.24. The number of hydrogen-bond acceptors (Lipinski definition) is 3. The van der Waals surface area contributed by atoms with Crippen LogP contribution in [-0.2, 0) is 9.53 Å². The highest BCUT2D eigenvalue weighted by Gasteiger charge is 2.18. The molecule has 0 aliphatic heterocycles. The van der Waals surface area contributed by atoms with Crippen molar-refractivity contribution in [3.63, 3.8) is 0 Å². The Kier molecular flexibility index (Phi) is 5.74. The van der Waals surface area contributed by atoms with Crippen LogP contribution in [0.25, 0.3) is 0 Å². The van der Waals surface area contributed by atoms with Crippen LogP contribution in [0.2, 0.25) is 0 Å². The van der Waals surface area contributed by atoms with Crippen molar-refractivity contribution in [1.29, 1.82) is 0 Å². The van der Waals surface area contributed by atoms with Crippen LogP contribution in [0.5, 0.6) is 0 Å². The van der Waals surface area contributed by atoms with E-state index in [0.29, 0.717) is 6.54 Å². The molecule has 0 atom stereocenters. The number of nitrogens with zero attached hydrogens (tertiary/aromatic N) is 2. The third-order valence-electron chi connectivity index (χ3n) is 1.80. The first-order valence-electron chi connectivity index (χ1n) is 5.04. The zero-order chi connectivity index (χ0) is 12.0. The fraction of sp³-hybridized carbons (Fsp3) is 0.800. The normalized spacial score (nSPS) is 10.0. The molecule has 0 fully saturated rings. The van der Waals surface area contributed by atoms with Gasteiger partial charge in [0.1, 0.15) is 6.54 Å². The largest absolute Gasteiger partial charge is 0.447 e. The van der Waals surface area contributed by atoms with E-state index in [2.05, 4.69) is 0 Å². The molecule has 0 aromatic rings. The van der Waals surface area contributed by atoms with Gasteiger partial charge < -0.3 is 9.64 Å². The fourth-order valence-corrected chi connectivity index (χ4v) is 0.886. The summed E-state index contributed by atoms with van der Waals surface area (Å²) in [6.45, 7) is 5.89. The van der Waals surface area contributed by atoms with E-state index in [1.54, 1.807) is 27.9 Å². The first kappa shape index (κ1) is 13.7. The lowest BCUT2D eigenvalue weighted by atomic mass is 10.4. The van der Waals surface area contributed by atoms with Crippen molar-refractivity contribution in [3.05, 3.63) is 0 Å². The summed E-state index contributed by atoms with van der Waals surface area (Å²) in [4.78, 5) is 25.7. The van der Waals surface area contributed by atoms with E-state index < -0.39 is 6.09 Å². The van der Waals surface area contributed by atoms with Crippen molar-refractivity contribution >= 4 is 12.0 Å². The van der Waals surface area contributed by atoms with Gasteiger partial charge in [-0.1, -0.05) is 0 Å². The fourth-order valence-electron chi connectivity index (χ4n) is 0.886. The minimum Gasteiger partial charge on any atom is -0.447 e. The van der Waals surface area contributed by atoms with E-state index in [1.807, 2.05) is 6.92 Å². The number of carbonyl (C=O) groups is 2. The van der Waals surface area contributed by atoms with Gasteiger partial charge >= 0.3 is 6.09 Å². The Morgan fingerprint density at radius 1 is 1.27 bits per heavy atom. The molecular formula is C10H20N2O3. The van der Waals surface area contributed by atoms with Crippen LogP contribution in [0.1, 0.15) is 20.8 Å². The van der Waals surface area contributed by atoms with Crippen LogP contribution < -0.4 is 0 Å². The number of carbonyl (C=O) groups excluding carboxylic acids is 2. The molecule has 0 unspecified atom stereocenters. The SMILES string of the molecule is CCN(CC(=O)N(C)C)C(=O)OC(C)C. The molecule has 0 rings (SSSR count). The van der Waals surface area contributed by atoms with Gasteiger partial charge in [0.2, 0.25) is 5.91 Å². The minimum atomic E-state index is -0.442. The summed E-state index contributed by atoms with van der Waals surface area (Å²) < 4.78 is 5.00. The summed E-state index contributed by atoms with van der Waals surface area (Å²) in [5.74, 6) is -0.113. The maximum atomic E-state index is 11.5. The molecule has 0 aromatic heterocycles. The van der Waals surface area contributed by atoms with E-state index in [9.17, 15) is 9.59 Å². The maximum absolute atomic E-state index is 11.5. The van der Waals surface area contributed by atoms with Crippen LogP contribution >= 0.6 is 0 Å². The van der Waals surface area contributed by atoms with Gasteiger partial charge in [0.15, 0.2) is 0 Å². The van der Waals surface area contributed by atoms with Gasteiger partial charge in [-0.25, -0.2) is 4.79 Å². The van der Waals surface area contributed by atoms with E-state index in [1.165, 1.54) is 9.80 Å². The smallest absolute Gasteiger partial charge is 0.410 e. The quantitative estimate of drug-likeness (QED) is 0.702. The summed E-state index contributed by atoms with van der Waals surface area (Å²) in [5, 5.41) is 0. The van der Waals surface area contributed by atoms with E-state index in [-0.39, 0.29) is 18.6 Å². The molecular weight excluding hydrogens is 196 g/mol. The molecule has 0 aliphatic rings. The monoisotopic (exact) mass is 216 g/mol. The Hall–Kier alpha value is -1.26. The molecule has 0 bridgehead atoms. The molecule has 0 heterocycles. The number of rotatable bonds is 4. The highest BCUT2D eigenvalue weighted by Crippen LogP contribution is 1.98. The van der Waals surface area contributed by atoms with Crippen LogP contribution in [0, 0.1) is 0 Å². The van der Waals surface area contributed by atoms with E-state index in [0.717, 1.165) is 0 Å². The van der Waals surface area contributed by atoms with Crippen molar-refractivity contribution in [2.75, 3.05) is 27.2 Å². The van der Waals surface area contributed by atoms with Crippen molar-refractivity contribution < 1.29 is 14.3 Å². The molecule has 88 valence electrons. The van der Waals surface area contributed by atoms with Crippen molar-refractivity contribution in [1.82, 2.24) is 9.80 Å². The van der Waals surface area contributed by atoms with Gasteiger partial charge in [-0.2, -0.15) is 0 Å². The molecule has 5 nitrogen and oxygen atoms in total. The van der Waals surface area contributed by atoms with E-state index >= 15 is 0 Å². The Labute approximate surface area is 91.0 Å². The Morgan fingerprint density at radius 3 is 2.13 bits per heavy atom. The number of ether oxygens (including phenoxy) is 1. The molecule has 0 radical (unpaired) electrons. The molecule has 15 heavy (non-hydrogen) atoms. The second kappa shape index (κ2) is 6.27. The average molecular weight is 216 g/mol. The van der Waals surface area contributed by atoms with Gasteiger partial charge in [0.05, 0.1) is 6.10 Å². The second-order valence-corrected chi connectivity index (χ2v) is 3.73. The molecule has 2 amide bonds. The van der Waals surface area contributed by atoms with Crippen LogP contribution in [0.3, 0.4) is 0 Å². The number of amides is 2. The van der Waals surface area contributed by atoms with Crippen LogP contribution in [0.4, 0.5) is 4.79 Å². The van der Waals surface area contributed by atoms with Crippen LogP contribution in [-0.4, -0.2) is 55.1 Å². The zero-order valence-electron chi connectivity index (χ0n) is 10.1. The molecule has 0 aliphatic carbocycles. The van der Waals surface area contributed by atoms with Gasteiger partial charge in [0, 0.05) is 20.6 Å². The molecule has 0 saturated carbocycles. The first-order chi connectivity index (χ1) is 6.88. The maximum Gasteiger partial charge on any atom is 0.410 e. The van der Waals surface area contributed by atoms with Gasteiger partial charge in [0.25, 0.3) is 0 Å². The summed E-state index contributed by atoms with van der Waals surface area (Å²) in [5.41, 5.74) is 0. The first-order valence-corrected chi connectivity index (χ1v) is 5.04. The van der Waals surface area contributed by atoms with Crippen LogP contribution in [0.15, 0.2) is 0 Å². The Morgan fingerprint density at radius 2 is 1.80 bits per heavy atom. The molecule has 0 saturated heterocycles. The predicted molar refractivity (Wildman–Crippen MR) is 57.6 cm³/mol. The molecule has 0 aromatic carbocycles. The van der Waals surface area contributed by atoms with Crippen molar-refractivity contribution in [2.45, 2.75) is 26.9 Å². The molecule has 0 spiro atoms. The predicted octanol–water partition coefficient (Wildman–Crippen LogP) is 0.942. The van der Waals surface area contributed by atoms with Crippen molar-refractivity contribution in [3.8, 4) is 0 Å². The lowest BCUT2D eigenvalue weighted by Crippen LogP contribution is -2.41. The summed E-state index contributed by atoms with van der Waals surface area (Å²) >= 11 is 0. The summed E-state index contributed by atoms with van der Waals surface area (Å²) in [6, 6.07) is 0. The van der Waals surface area contributed by atoms with Crippen molar-refractivity contribution in [2.24, 2.45) is 0 Å². The number of likely N-dealkylation sites (N-methyl/N-ethyl adjacent to an activating group) is 2. The molecule has 0 N–H and O–H groups in total. The van der Waals surface area contributed by atoms with E-state index in [4.69, 9.17) is 4.74 Å². The second-order valence-electron chi connectivity index (χ2n) is 3.73. The third-order valence-corrected chi connectivity index (χ3v) is 1.80. The lowest BCUT2D eigenvalue weighted by molar-refractivity contribution is -0.129. The highest BCUT2D eigenvalue weighted by atomic mass is 16.6. The summed E-state index contributed by atoms with van der Waals surface area (Å²) in [6.07, 6.45) is -0.608. The summed E-state index contributed by atoms with van der Waals surface area (Å²) in [7, 11) is 3.31. The molecule has 5 heteroatoms. The standard InChI is InChI=1S/C10H20N2O3/c1-6-12(7-9(13)11(4)5)10(14)15-8(2)3/h8H,6-7H2,1-5H3. The lowest BCUT2D eigenvalue weighted by Gasteiger charge is -2.22.